The van der Waals surface area contributed by atoms with Gasteiger partial charge < -0.3 is 10.2 Å². The molecule has 0 aliphatic carbocycles. The molecule has 1 unspecified atom stereocenters. The standard InChI is InChI=1S/C23H28N2O2S/c1-17(28-22-10-8-21(9-11-22)24-18(2)26)23(27)25-14-12-20(13-15-25)16-19-6-4-3-5-7-19/h3-11,17,20H,12-16H2,1-2H3,(H,24,26). The Morgan fingerprint density at radius 3 is 2.32 bits per heavy atom. The van der Waals surface area contributed by atoms with E-state index in [9.17, 15) is 9.59 Å². The molecule has 0 spiro atoms. The molecule has 1 saturated heterocycles. The van der Waals surface area contributed by atoms with Gasteiger partial charge in [-0.25, -0.2) is 0 Å². The average Bonchev–Trinajstić information content (AvgIpc) is 2.70. The smallest absolute Gasteiger partial charge is 0.235 e. The van der Waals surface area contributed by atoms with Gasteiger partial charge in [0.25, 0.3) is 0 Å². The Labute approximate surface area is 171 Å². The number of amides is 2. The van der Waals surface area contributed by atoms with Crippen molar-refractivity contribution in [1.29, 1.82) is 0 Å². The van der Waals surface area contributed by atoms with E-state index < -0.39 is 0 Å². The fourth-order valence-electron chi connectivity index (χ4n) is 3.64. The van der Waals surface area contributed by atoms with E-state index in [1.165, 1.54) is 12.5 Å². The van der Waals surface area contributed by atoms with Crippen molar-refractivity contribution in [3.63, 3.8) is 0 Å². The highest BCUT2D eigenvalue weighted by Crippen LogP contribution is 2.28. The maximum Gasteiger partial charge on any atom is 0.235 e. The van der Waals surface area contributed by atoms with Crippen molar-refractivity contribution >= 4 is 29.3 Å². The number of thioether (sulfide) groups is 1. The first kappa shape index (κ1) is 20.5. The zero-order valence-electron chi connectivity index (χ0n) is 16.6. The van der Waals surface area contributed by atoms with E-state index in [1.807, 2.05) is 36.1 Å². The van der Waals surface area contributed by atoms with Crippen LogP contribution in [-0.4, -0.2) is 35.1 Å². The molecule has 2 aromatic rings. The largest absolute Gasteiger partial charge is 0.342 e. The van der Waals surface area contributed by atoms with Crippen molar-refractivity contribution in [2.75, 3.05) is 18.4 Å². The van der Waals surface area contributed by atoms with E-state index in [4.69, 9.17) is 0 Å². The zero-order valence-corrected chi connectivity index (χ0v) is 17.4. The number of likely N-dealkylation sites (tertiary alicyclic amines) is 1. The second-order valence-corrected chi connectivity index (χ2v) is 8.84. The first-order chi connectivity index (χ1) is 13.5. The van der Waals surface area contributed by atoms with Gasteiger partial charge in [-0.3, -0.25) is 9.59 Å². The molecule has 1 fully saturated rings. The Bertz CT molecular complexity index is 784. The van der Waals surface area contributed by atoms with E-state index in [0.29, 0.717) is 5.92 Å². The van der Waals surface area contributed by atoms with E-state index in [2.05, 4.69) is 35.6 Å². The SMILES string of the molecule is CC(=O)Nc1ccc(SC(C)C(=O)N2CCC(Cc3ccccc3)CC2)cc1. The first-order valence-electron chi connectivity index (χ1n) is 9.88. The molecule has 0 bridgehead atoms. The Morgan fingerprint density at radius 2 is 1.71 bits per heavy atom. The molecule has 2 amide bonds. The van der Waals surface area contributed by atoms with Crippen LogP contribution in [0.2, 0.25) is 0 Å². The molecular weight excluding hydrogens is 368 g/mol. The molecular formula is C23H28N2O2S. The lowest BCUT2D eigenvalue weighted by Crippen LogP contribution is -2.42. The van der Waals surface area contributed by atoms with Crippen LogP contribution in [0.25, 0.3) is 0 Å². The van der Waals surface area contributed by atoms with Crippen molar-refractivity contribution in [3.8, 4) is 0 Å². The van der Waals surface area contributed by atoms with Crippen molar-refractivity contribution in [1.82, 2.24) is 4.90 Å². The third kappa shape index (κ3) is 5.86. The number of anilines is 1. The Kier molecular flexibility index (Phi) is 7.15. The van der Waals surface area contributed by atoms with E-state index >= 15 is 0 Å². The second-order valence-electron chi connectivity index (χ2n) is 7.42. The molecule has 1 aliphatic rings. The minimum Gasteiger partial charge on any atom is -0.342 e. The molecule has 148 valence electrons. The van der Waals surface area contributed by atoms with Crippen molar-refractivity contribution < 1.29 is 9.59 Å². The Hall–Kier alpha value is -2.27. The van der Waals surface area contributed by atoms with Gasteiger partial charge in [-0.05, 0) is 61.9 Å². The van der Waals surface area contributed by atoms with Gasteiger partial charge >= 0.3 is 0 Å². The fourth-order valence-corrected chi connectivity index (χ4v) is 4.59. The van der Waals surface area contributed by atoms with Gasteiger partial charge in [-0.1, -0.05) is 30.3 Å². The molecule has 0 radical (unpaired) electrons. The number of piperidine rings is 1. The molecule has 1 N–H and O–H groups in total. The number of carbonyl (C=O) groups is 2. The molecule has 0 aromatic heterocycles. The summed E-state index contributed by atoms with van der Waals surface area (Å²) in [5.41, 5.74) is 2.16. The van der Waals surface area contributed by atoms with Gasteiger partial charge in [0.15, 0.2) is 0 Å². The number of rotatable bonds is 6. The van der Waals surface area contributed by atoms with Crippen LogP contribution in [0.4, 0.5) is 5.69 Å². The van der Waals surface area contributed by atoms with Crippen LogP contribution in [-0.2, 0) is 16.0 Å². The summed E-state index contributed by atoms with van der Waals surface area (Å²) in [6, 6.07) is 18.3. The van der Waals surface area contributed by atoms with Gasteiger partial charge in [0.1, 0.15) is 0 Å². The van der Waals surface area contributed by atoms with Crippen LogP contribution in [0, 0.1) is 5.92 Å². The van der Waals surface area contributed by atoms with Crippen LogP contribution in [0.15, 0.2) is 59.5 Å². The zero-order chi connectivity index (χ0) is 19.9. The molecule has 2 aromatic carbocycles. The van der Waals surface area contributed by atoms with Crippen LogP contribution < -0.4 is 5.32 Å². The molecule has 5 heteroatoms. The summed E-state index contributed by atoms with van der Waals surface area (Å²) in [5, 5.41) is 2.64. The summed E-state index contributed by atoms with van der Waals surface area (Å²) in [4.78, 5) is 27.0. The topological polar surface area (TPSA) is 49.4 Å². The minimum atomic E-state index is -0.114. The molecule has 1 heterocycles. The van der Waals surface area contributed by atoms with E-state index in [0.717, 1.165) is 42.9 Å². The second kappa shape index (κ2) is 9.78. The predicted octanol–water partition coefficient (Wildman–Crippen LogP) is 4.61. The monoisotopic (exact) mass is 396 g/mol. The van der Waals surface area contributed by atoms with Crippen LogP contribution in [0.3, 0.4) is 0 Å². The van der Waals surface area contributed by atoms with Crippen LogP contribution >= 0.6 is 11.8 Å². The lowest BCUT2D eigenvalue weighted by molar-refractivity contribution is -0.131. The van der Waals surface area contributed by atoms with Crippen LogP contribution in [0.5, 0.6) is 0 Å². The molecule has 1 atom stereocenters. The number of nitrogens with zero attached hydrogens (tertiary/aromatic N) is 1. The number of carbonyl (C=O) groups excluding carboxylic acids is 2. The van der Waals surface area contributed by atoms with Gasteiger partial charge in [0.05, 0.1) is 5.25 Å². The van der Waals surface area contributed by atoms with Crippen molar-refractivity contribution in [3.05, 3.63) is 60.2 Å². The quantitative estimate of drug-likeness (QED) is 0.726. The number of nitrogens with one attached hydrogen (secondary N) is 1. The molecule has 28 heavy (non-hydrogen) atoms. The van der Waals surface area contributed by atoms with Gasteiger partial charge in [0, 0.05) is 30.6 Å². The van der Waals surface area contributed by atoms with Gasteiger partial charge in [-0.15, -0.1) is 11.8 Å². The average molecular weight is 397 g/mol. The number of hydrogen-bond acceptors (Lipinski definition) is 3. The van der Waals surface area contributed by atoms with Gasteiger partial charge in [-0.2, -0.15) is 0 Å². The lowest BCUT2D eigenvalue weighted by atomic mass is 9.90. The van der Waals surface area contributed by atoms with E-state index in [1.54, 1.807) is 11.8 Å². The predicted molar refractivity (Wildman–Crippen MR) is 116 cm³/mol. The molecule has 0 saturated carbocycles. The summed E-state index contributed by atoms with van der Waals surface area (Å²) < 4.78 is 0. The fraction of sp³-hybridized carbons (Fsp3) is 0.391. The van der Waals surface area contributed by atoms with Gasteiger partial charge in [0.2, 0.25) is 11.8 Å². The lowest BCUT2D eigenvalue weighted by Gasteiger charge is -2.33. The Morgan fingerprint density at radius 1 is 1.07 bits per heavy atom. The summed E-state index contributed by atoms with van der Waals surface area (Å²) in [7, 11) is 0. The number of hydrogen-bond donors (Lipinski definition) is 1. The number of benzene rings is 2. The third-order valence-electron chi connectivity index (χ3n) is 5.13. The molecule has 3 rings (SSSR count). The van der Waals surface area contributed by atoms with E-state index in [-0.39, 0.29) is 17.1 Å². The minimum absolute atomic E-state index is 0.0837. The molecule has 4 nitrogen and oxygen atoms in total. The summed E-state index contributed by atoms with van der Waals surface area (Å²) in [6.45, 7) is 5.17. The van der Waals surface area contributed by atoms with Crippen LogP contribution in [0.1, 0.15) is 32.3 Å². The van der Waals surface area contributed by atoms with Crippen molar-refractivity contribution in [2.24, 2.45) is 5.92 Å². The highest BCUT2D eigenvalue weighted by Gasteiger charge is 2.26. The summed E-state index contributed by atoms with van der Waals surface area (Å²) in [6.07, 6.45) is 3.25. The normalized spacial score (nSPS) is 15.9. The first-order valence-corrected chi connectivity index (χ1v) is 10.8. The maximum atomic E-state index is 12.8. The highest BCUT2D eigenvalue weighted by atomic mass is 32.2. The highest BCUT2D eigenvalue weighted by molar-refractivity contribution is 8.00. The summed E-state index contributed by atoms with van der Waals surface area (Å²) in [5.74, 6) is 0.796. The Balaban J connectivity index is 1.47. The van der Waals surface area contributed by atoms with Crippen molar-refractivity contribution in [2.45, 2.75) is 43.3 Å². The maximum absolute atomic E-state index is 12.8. The molecule has 1 aliphatic heterocycles. The third-order valence-corrected chi connectivity index (χ3v) is 6.23. The summed E-state index contributed by atoms with van der Waals surface area (Å²) >= 11 is 1.57.